The average Bonchev–Trinajstić information content (AvgIpc) is 4.18. The van der Waals surface area contributed by atoms with Crippen LogP contribution in [0.3, 0.4) is 0 Å². The first kappa shape index (κ1) is 44.3. The van der Waals surface area contributed by atoms with Crippen LogP contribution in [0.5, 0.6) is 0 Å². The van der Waals surface area contributed by atoms with E-state index in [1.165, 1.54) is 114 Å². The highest BCUT2D eigenvalue weighted by Crippen LogP contribution is 2.48. The zero-order valence-corrected chi connectivity index (χ0v) is 41.8. The molecule has 0 saturated heterocycles. The molecule has 13 rings (SSSR count). The average molecular weight is 968 g/mol. The SMILES string of the molecule is C1=CC(N(c2ccc(-c3ccccc3)cc2)c2cccc(-c3ccc4c(-c5cccc(-c6ccc(-c7ccccc7)s6)c5)c5ccccc5c(-c5cccc(-c6ccc(-c7ccccc7)s6)c5)c4c3)c2)=CCC1. The standard InChI is InChI=1S/C70H49NS2/c1-5-18-48(19-6-1)49-34-37-59(38-35-49)71(58-29-11-4-12-30-58)60-31-17-24-52(46-60)53-36-39-63-64(47-53)70(57-28-16-26-55(45-57)68-43-41-66(73-68)51-22-9-3-10-23-51)62-33-14-13-32-61(62)69(63)56-27-15-25-54(44-56)67-42-40-65(72-67)50-20-7-2-8-21-50/h1-3,5-11,13-47H,4,12H2. The molecule has 0 amide bonds. The number of hydrogen-bond acceptors (Lipinski definition) is 3. The zero-order valence-electron chi connectivity index (χ0n) is 40.2. The molecule has 10 aromatic carbocycles. The number of nitrogens with zero attached hydrogens (tertiary/aromatic N) is 1. The van der Waals surface area contributed by atoms with Gasteiger partial charge >= 0.3 is 0 Å². The molecular weight excluding hydrogens is 919 g/mol. The highest BCUT2D eigenvalue weighted by molar-refractivity contribution is 7.19. The molecule has 1 aliphatic carbocycles. The van der Waals surface area contributed by atoms with E-state index in [0.29, 0.717) is 0 Å². The fourth-order valence-electron chi connectivity index (χ4n) is 10.6. The third-order valence-corrected chi connectivity index (χ3v) is 16.5. The first-order valence-corrected chi connectivity index (χ1v) is 26.8. The topological polar surface area (TPSA) is 3.24 Å². The third-order valence-electron chi connectivity index (χ3n) is 14.1. The molecule has 0 bridgehead atoms. The van der Waals surface area contributed by atoms with Gasteiger partial charge in [-0.3, -0.25) is 0 Å². The summed E-state index contributed by atoms with van der Waals surface area (Å²) in [4.78, 5) is 7.47. The molecule has 1 nitrogen and oxygen atoms in total. The molecule has 3 heteroatoms. The Morgan fingerprint density at radius 2 is 0.712 bits per heavy atom. The maximum absolute atomic E-state index is 2.46. The number of hydrogen-bond donors (Lipinski definition) is 0. The summed E-state index contributed by atoms with van der Waals surface area (Å²) in [7, 11) is 0. The number of allylic oxidation sites excluding steroid dienone is 3. The summed E-state index contributed by atoms with van der Waals surface area (Å²) in [5.74, 6) is 0. The van der Waals surface area contributed by atoms with Crippen LogP contribution in [0.25, 0.3) is 108 Å². The van der Waals surface area contributed by atoms with E-state index in [2.05, 4.69) is 278 Å². The predicted octanol–water partition coefficient (Wildman–Crippen LogP) is 20.8. The van der Waals surface area contributed by atoms with Gasteiger partial charge in [-0.25, -0.2) is 0 Å². The van der Waals surface area contributed by atoms with Crippen molar-refractivity contribution in [3.05, 3.63) is 279 Å². The van der Waals surface area contributed by atoms with Crippen molar-refractivity contribution in [2.45, 2.75) is 12.8 Å². The fraction of sp³-hybridized carbons (Fsp3) is 0.0286. The molecular formula is C70H49NS2. The van der Waals surface area contributed by atoms with Gasteiger partial charge in [0, 0.05) is 36.6 Å². The van der Waals surface area contributed by atoms with Gasteiger partial charge < -0.3 is 4.90 Å². The highest BCUT2D eigenvalue weighted by atomic mass is 32.1. The summed E-state index contributed by atoms with van der Waals surface area (Å²) < 4.78 is 0. The lowest BCUT2D eigenvalue weighted by molar-refractivity contribution is 0.997. The number of benzene rings is 10. The lowest BCUT2D eigenvalue weighted by Gasteiger charge is -2.28. The quantitative estimate of drug-likeness (QED) is 0.117. The maximum Gasteiger partial charge on any atom is 0.0467 e. The normalized spacial score (nSPS) is 12.3. The minimum Gasteiger partial charge on any atom is -0.311 e. The van der Waals surface area contributed by atoms with Gasteiger partial charge in [0.05, 0.1) is 0 Å². The van der Waals surface area contributed by atoms with Crippen molar-refractivity contribution in [1.29, 1.82) is 0 Å². The smallest absolute Gasteiger partial charge is 0.0467 e. The van der Waals surface area contributed by atoms with Gasteiger partial charge in [0.15, 0.2) is 0 Å². The molecule has 0 N–H and O–H groups in total. The van der Waals surface area contributed by atoms with E-state index in [4.69, 9.17) is 0 Å². The minimum atomic E-state index is 1.01. The van der Waals surface area contributed by atoms with Gasteiger partial charge in [-0.15, -0.1) is 22.7 Å². The predicted molar refractivity (Wildman–Crippen MR) is 316 cm³/mol. The van der Waals surface area contributed by atoms with E-state index in [1.54, 1.807) is 0 Å². The molecule has 0 aliphatic heterocycles. The number of anilines is 2. The second-order valence-corrected chi connectivity index (χ2v) is 20.9. The first-order valence-electron chi connectivity index (χ1n) is 25.1. The molecule has 0 atom stereocenters. The summed E-state index contributed by atoms with van der Waals surface area (Å²) in [5, 5.41) is 4.93. The highest BCUT2D eigenvalue weighted by Gasteiger charge is 2.21. The van der Waals surface area contributed by atoms with E-state index in [1.807, 2.05) is 22.7 Å². The van der Waals surface area contributed by atoms with Gasteiger partial charge in [-0.2, -0.15) is 0 Å². The molecule has 2 aromatic heterocycles. The monoisotopic (exact) mass is 967 g/mol. The van der Waals surface area contributed by atoms with Crippen LogP contribution >= 0.6 is 22.7 Å². The van der Waals surface area contributed by atoms with Crippen LogP contribution in [0.2, 0.25) is 0 Å². The van der Waals surface area contributed by atoms with E-state index in [9.17, 15) is 0 Å². The van der Waals surface area contributed by atoms with Crippen LogP contribution in [0.1, 0.15) is 12.8 Å². The molecule has 1 aliphatic rings. The van der Waals surface area contributed by atoms with Gasteiger partial charge in [-0.1, -0.05) is 200 Å². The summed E-state index contributed by atoms with van der Waals surface area (Å²) in [5.41, 5.74) is 18.0. The number of thiophene rings is 2. The summed E-state index contributed by atoms with van der Waals surface area (Å²) in [6.45, 7) is 0. The van der Waals surface area contributed by atoms with Gasteiger partial charge in [0.2, 0.25) is 0 Å². The molecule has 12 aromatic rings. The van der Waals surface area contributed by atoms with Crippen molar-refractivity contribution >= 4 is 55.6 Å². The van der Waals surface area contributed by atoms with E-state index < -0.39 is 0 Å². The van der Waals surface area contributed by atoms with Crippen LogP contribution in [-0.4, -0.2) is 0 Å². The van der Waals surface area contributed by atoms with Crippen LogP contribution < -0.4 is 4.90 Å². The van der Waals surface area contributed by atoms with Gasteiger partial charge in [0.25, 0.3) is 0 Å². The molecule has 0 unspecified atom stereocenters. The molecule has 0 fully saturated rings. The lowest BCUT2D eigenvalue weighted by atomic mass is 9.84. The molecule has 2 heterocycles. The van der Waals surface area contributed by atoms with E-state index >= 15 is 0 Å². The number of fused-ring (bicyclic) bond motifs is 2. The van der Waals surface area contributed by atoms with Crippen molar-refractivity contribution < 1.29 is 0 Å². The molecule has 73 heavy (non-hydrogen) atoms. The maximum atomic E-state index is 2.46. The Hall–Kier alpha value is -8.60. The summed E-state index contributed by atoms with van der Waals surface area (Å²) >= 11 is 3.70. The second kappa shape index (κ2) is 19.5. The Kier molecular flexibility index (Phi) is 11.9. The van der Waals surface area contributed by atoms with Crippen molar-refractivity contribution in [1.82, 2.24) is 0 Å². The van der Waals surface area contributed by atoms with Crippen LogP contribution in [0.15, 0.2) is 279 Å². The Labute approximate surface area is 435 Å². The third kappa shape index (κ3) is 8.74. The first-order chi connectivity index (χ1) is 36.2. The fourth-order valence-corrected chi connectivity index (χ4v) is 12.6. The lowest BCUT2D eigenvalue weighted by Crippen LogP contribution is -2.16. The van der Waals surface area contributed by atoms with Crippen LogP contribution in [-0.2, 0) is 0 Å². The summed E-state index contributed by atoms with van der Waals surface area (Å²) in [6, 6.07) is 93.8. The van der Waals surface area contributed by atoms with E-state index in [0.717, 1.165) is 24.2 Å². The van der Waals surface area contributed by atoms with E-state index in [-0.39, 0.29) is 0 Å². The van der Waals surface area contributed by atoms with Gasteiger partial charge in [-0.05, 0) is 174 Å². The Bertz CT molecular complexity index is 4010. The van der Waals surface area contributed by atoms with Crippen molar-refractivity contribution in [3.63, 3.8) is 0 Å². The second-order valence-electron chi connectivity index (χ2n) is 18.7. The van der Waals surface area contributed by atoms with Crippen molar-refractivity contribution in [2.75, 3.05) is 4.90 Å². The number of rotatable bonds is 11. The molecule has 0 spiro atoms. The molecule has 346 valence electrons. The van der Waals surface area contributed by atoms with Gasteiger partial charge in [0.1, 0.15) is 0 Å². The Morgan fingerprint density at radius 1 is 0.274 bits per heavy atom. The minimum absolute atomic E-state index is 1.01. The summed E-state index contributed by atoms with van der Waals surface area (Å²) in [6.07, 6.45) is 9.01. The zero-order chi connectivity index (χ0) is 48.5. The van der Waals surface area contributed by atoms with Crippen molar-refractivity contribution in [3.8, 4) is 86.3 Å². The Balaban J connectivity index is 0.975. The largest absolute Gasteiger partial charge is 0.311 e. The van der Waals surface area contributed by atoms with Crippen LogP contribution in [0, 0.1) is 0 Å². The van der Waals surface area contributed by atoms with Crippen LogP contribution in [0.4, 0.5) is 11.4 Å². The Morgan fingerprint density at radius 3 is 1.29 bits per heavy atom. The molecule has 0 saturated carbocycles. The van der Waals surface area contributed by atoms with Crippen molar-refractivity contribution in [2.24, 2.45) is 0 Å². The molecule has 0 radical (unpaired) electrons.